The Morgan fingerprint density at radius 3 is 2.67 bits per heavy atom. The lowest BCUT2D eigenvalue weighted by Crippen LogP contribution is -2.23. The van der Waals surface area contributed by atoms with Crippen molar-refractivity contribution in [2.24, 2.45) is 0 Å². The van der Waals surface area contributed by atoms with E-state index in [1.807, 2.05) is 0 Å². The fraction of sp³-hybridized carbons (Fsp3) is 0.545. The van der Waals surface area contributed by atoms with Crippen molar-refractivity contribution in [1.29, 1.82) is 5.26 Å². The Morgan fingerprint density at radius 1 is 1.53 bits per heavy atom. The first kappa shape index (κ1) is 11.1. The highest BCUT2D eigenvalue weighted by Gasteiger charge is 2.24. The Kier molecular flexibility index (Phi) is 3.45. The van der Waals surface area contributed by atoms with E-state index in [2.05, 4.69) is 39.9 Å². The van der Waals surface area contributed by atoms with Crippen molar-refractivity contribution in [1.82, 2.24) is 4.90 Å². The van der Waals surface area contributed by atoms with E-state index in [1.54, 1.807) is 11.3 Å². The van der Waals surface area contributed by atoms with E-state index in [4.69, 9.17) is 0 Å². The number of thiophene rings is 1. The highest BCUT2D eigenvalue weighted by Crippen LogP contribution is 2.34. The highest BCUT2D eigenvalue weighted by atomic mass is 79.9. The standard InChI is InChI=1S/C11H13BrN2S/c1-8-9(12)6-11(15-8)10(7-13)14-4-2-3-5-14/h6,10H,2-5H2,1H3. The fourth-order valence-corrected chi connectivity index (χ4v) is 3.58. The number of hydrogen-bond acceptors (Lipinski definition) is 3. The summed E-state index contributed by atoms with van der Waals surface area (Å²) in [7, 11) is 0. The second kappa shape index (κ2) is 4.65. The summed E-state index contributed by atoms with van der Waals surface area (Å²) >= 11 is 5.23. The summed E-state index contributed by atoms with van der Waals surface area (Å²) < 4.78 is 1.13. The van der Waals surface area contributed by atoms with Crippen molar-refractivity contribution >= 4 is 27.3 Å². The molecule has 1 saturated heterocycles. The lowest BCUT2D eigenvalue weighted by Gasteiger charge is -2.19. The summed E-state index contributed by atoms with van der Waals surface area (Å²) in [4.78, 5) is 4.70. The molecule has 1 aliphatic heterocycles. The molecule has 4 heteroatoms. The lowest BCUT2D eigenvalue weighted by molar-refractivity contribution is 0.297. The molecule has 1 unspecified atom stereocenters. The smallest absolute Gasteiger partial charge is 0.133 e. The number of aryl methyl sites for hydroxylation is 1. The maximum atomic E-state index is 9.24. The Morgan fingerprint density at radius 2 is 2.20 bits per heavy atom. The first-order chi connectivity index (χ1) is 7.22. The molecule has 80 valence electrons. The highest BCUT2D eigenvalue weighted by molar-refractivity contribution is 9.10. The first-order valence-electron chi connectivity index (χ1n) is 5.12. The molecule has 1 aliphatic rings. The van der Waals surface area contributed by atoms with Crippen LogP contribution in [0, 0.1) is 18.3 Å². The van der Waals surface area contributed by atoms with Gasteiger partial charge in [-0.25, -0.2) is 0 Å². The van der Waals surface area contributed by atoms with Crippen molar-refractivity contribution in [3.8, 4) is 6.07 Å². The molecule has 2 nitrogen and oxygen atoms in total. The average molecular weight is 285 g/mol. The van der Waals surface area contributed by atoms with E-state index >= 15 is 0 Å². The summed E-state index contributed by atoms with van der Waals surface area (Å²) in [6, 6.07) is 4.47. The molecule has 0 radical (unpaired) electrons. The van der Waals surface area contributed by atoms with Gasteiger partial charge in [0.1, 0.15) is 6.04 Å². The first-order valence-corrected chi connectivity index (χ1v) is 6.73. The van der Waals surface area contributed by atoms with E-state index in [0.29, 0.717) is 0 Å². The minimum absolute atomic E-state index is 0.0394. The van der Waals surface area contributed by atoms with Gasteiger partial charge in [-0.3, -0.25) is 4.90 Å². The zero-order valence-corrected chi connectivity index (χ0v) is 11.1. The molecule has 0 amide bonds. The van der Waals surface area contributed by atoms with Crippen molar-refractivity contribution in [3.63, 3.8) is 0 Å². The lowest BCUT2D eigenvalue weighted by atomic mass is 10.2. The molecular formula is C11H13BrN2S. The van der Waals surface area contributed by atoms with Crippen LogP contribution in [-0.2, 0) is 0 Å². The van der Waals surface area contributed by atoms with Gasteiger partial charge in [0.15, 0.2) is 0 Å². The van der Waals surface area contributed by atoms with Crippen molar-refractivity contribution < 1.29 is 0 Å². The quantitative estimate of drug-likeness (QED) is 0.831. The second-order valence-electron chi connectivity index (χ2n) is 3.83. The molecule has 0 aromatic carbocycles. The van der Waals surface area contributed by atoms with Crippen LogP contribution in [0.15, 0.2) is 10.5 Å². The largest absolute Gasteiger partial charge is 0.284 e. The molecular weight excluding hydrogens is 272 g/mol. The van der Waals surface area contributed by atoms with Gasteiger partial charge in [0, 0.05) is 14.2 Å². The van der Waals surface area contributed by atoms with Crippen LogP contribution in [0.4, 0.5) is 0 Å². The van der Waals surface area contributed by atoms with Crippen LogP contribution in [0.5, 0.6) is 0 Å². The van der Waals surface area contributed by atoms with E-state index < -0.39 is 0 Å². The molecule has 2 heterocycles. The van der Waals surface area contributed by atoms with E-state index in [0.717, 1.165) is 17.6 Å². The third-order valence-electron chi connectivity index (χ3n) is 2.77. The van der Waals surface area contributed by atoms with Crippen LogP contribution in [0.1, 0.15) is 28.6 Å². The van der Waals surface area contributed by atoms with Gasteiger partial charge < -0.3 is 0 Å². The topological polar surface area (TPSA) is 27.0 Å². The van der Waals surface area contributed by atoms with Crippen LogP contribution in [0.2, 0.25) is 0 Å². The molecule has 1 aromatic heterocycles. The maximum Gasteiger partial charge on any atom is 0.133 e. The fourth-order valence-electron chi connectivity index (χ4n) is 1.94. The summed E-state index contributed by atoms with van der Waals surface area (Å²) in [6.07, 6.45) is 2.45. The molecule has 0 saturated carbocycles. The Bertz CT molecular complexity index is 368. The zero-order valence-electron chi connectivity index (χ0n) is 8.66. The van der Waals surface area contributed by atoms with Crippen LogP contribution >= 0.6 is 27.3 Å². The number of hydrogen-bond donors (Lipinski definition) is 0. The molecule has 1 fully saturated rings. The van der Waals surface area contributed by atoms with Gasteiger partial charge in [-0.2, -0.15) is 5.26 Å². The molecule has 2 rings (SSSR count). The predicted molar refractivity (Wildman–Crippen MR) is 65.9 cm³/mol. The maximum absolute atomic E-state index is 9.24. The molecule has 15 heavy (non-hydrogen) atoms. The minimum Gasteiger partial charge on any atom is -0.284 e. The minimum atomic E-state index is -0.0394. The monoisotopic (exact) mass is 284 g/mol. The van der Waals surface area contributed by atoms with Gasteiger partial charge in [-0.05, 0) is 54.9 Å². The van der Waals surface area contributed by atoms with Gasteiger partial charge in [-0.1, -0.05) is 0 Å². The number of nitrogens with zero attached hydrogens (tertiary/aromatic N) is 2. The zero-order chi connectivity index (χ0) is 10.8. The van der Waals surface area contributed by atoms with Crippen LogP contribution in [0.3, 0.4) is 0 Å². The number of rotatable bonds is 2. The molecule has 0 N–H and O–H groups in total. The third kappa shape index (κ3) is 2.25. The average Bonchev–Trinajstić information content (AvgIpc) is 2.80. The van der Waals surface area contributed by atoms with Gasteiger partial charge in [0.2, 0.25) is 0 Å². The number of likely N-dealkylation sites (tertiary alicyclic amines) is 1. The van der Waals surface area contributed by atoms with Crippen LogP contribution < -0.4 is 0 Å². The third-order valence-corrected chi connectivity index (χ3v) is 4.96. The van der Waals surface area contributed by atoms with Crippen LogP contribution in [0.25, 0.3) is 0 Å². The van der Waals surface area contributed by atoms with Crippen molar-refractivity contribution in [2.75, 3.05) is 13.1 Å². The second-order valence-corrected chi connectivity index (χ2v) is 5.97. The van der Waals surface area contributed by atoms with Crippen LogP contribution in [-0.4, -0.2) is 18.0 Å². The Balaban J connectivity index is 2.23. The predicted octanol–water partition coefficient (Wildman–Crippen LogP) is 3.48. The van der Waals surface area contributed by atoms with Crippen molar-refractivity contribution in [3.05, 3.63) is 20.3 Å². The summed E-state index contributed by atoms with van der Waals surface area (Å²) in [5, 5.41) is 9.24. The SMILES string of the molecule is Cc1sc(C(C#N)N2CCCC2)cc1Br. The van der Waals surface area contributed by atoms with E-state index in [-0.39, 0.29) is 6.04 Å². The Labute approximate surface area is 103 Å². The van der Waals surface area contributed by atoms with Crippen molar-refractivity contribution in [2.45, 2.75) is 25.8 Å². The summed E-state index contributed by atoms with van der Waals surface area (Å²) in [6.45, 7) is 4.20. The molecule has 1 atom stereocenters. The number of nitriles is 1. The van der Waals surface area contributed by atoms with Gasteiger partial charge in [0.25, 0.3) is 0 Å². The Hall–Kier alpha value is -0.370. The molecule has 0 spiro atoms. The van der Waals surface area contributed by atoms with Gasteiger partial charge in [0.05, 0.1) is 6.07 Å². The van der Waals surface area contributed by atoms with E-state index in [1.165, 1.54) is 22.6 Å². The van der Waals surface area contributed by atoms with Gasteiger partial charge >= 0.3 is 0 Å². The number of halogens is 1. The molecule has 0 aliphatic carbocycles. The van der Waals surface area contributed by atoms with E-state index in [9.17, 15) is 5.26 Å². The normalized spacial score (nSPS) is 19.0. The summed E-state index contributed by atoms with van der Waals surface area (Å²) in [5.41, 5.74) is 0. The van der Waals surface area contributed by atoms with Gasteiger partial charge in [-0.15, -0.1) is 11.3 Å². The molecule has 0 bridgehead atoms. The molecule has 1 aromatic rings. The summed E-state index contributed by atoms with van der Waals surface area (Å²) in [5.74, 6) is 0.